The quantitative estimate of drug-likeness (QED) is 0.872. The van der Waals surface area contributed by atoms with Crippen LogP contribution in [0.2, 0.25) is 0 Å². The van der Waals surface area contributed by atoms with Crippen LogP contribution in [0, 0.1) is 0 Å². The van der Waals surface area contributed by atoms with Crippen LogP contribution < -0.4 is 0 Å². The summed E-state index contributed by atoms with van der Waals surface area (Å²) in [6, 6.07) is 8.41. The Hall–Kier alpha value is -1.61. The molecule has 0 saturated carbocycles. The molecule has 2 rings (SSSR count). The van der Waals surface area contributed by atoms with Crippen LogP contribution >= 0.6 is 0 Å². The van der Waals surface area contributed by atoms with Gasteiger partial charge in [0, 0.05) is 18.8 Å². The number of aliphatic hydroxyl groups is 1. The molecule has 1 heterocycles. The van der Waals surface area contributed by atoms with Crippen molar-refractivity contribution in [3.05, 3.63) is 53.6 Å². The number of aliphatic hydroxyl groups excluding tert-OH is 1. The number of aromatic nitrogens is 2. The minimum atomic E-state index is -0.569. The average molecular weight is 244 g/mol. The fourth-order valence-corrected chi connectivity index (χ4v) is 1.92. The molecule has 1 aromatic heterocycles. The molecule has 1 aromatic carbocycles. The fraction of sp³-hybridized carbons (Fsp3) is 0.400. The van der Waals surface area contributed by atoms with E-state index in [2.05, 4.69) is 55.0 Å². The van der Waals surface area contributed by atoms with Crippen molar-refractivity contribution >= 4 is 0 Å². The van der Waals surface area contributed by atoms with Gasteiger partial charge in [-0.15, -0.1) is 0 Å². The largest absolute Gasteiger partial charge is 0.385 e. The maximum atomic E-state index is 10.00. The van der Waals surface area contributed by atoms with E-state index >= 15 is 0 Å². The lowest BCUT2D eigenvalue weighted by molar-refractivity contribution is 0.169. The van der Waals surface area contributed by atoms with Crippen LogP contribution in [-0.4, -0.2) is 15.1 Å². The Morgan fingerprint density at radius 3 is 2.39 bits per heavy atom. The molecule has 96 valence electrons. The van der Waals surface area contributed by atoms with Gasteiger partial charge >= 0.3 is 0 Å². The molecule has 3 heteroatoms. The summed E-state index contributed by atoms with van der Waals surface area (Å²) in [4.78, 5) is 7.00. The third-order valence-electron chi connectivity index (χ3n) is 3.08. The maximum absolute atomic E-state index is 10.00. The molecule has 1 atom stereocenters. The van der Waals surface area contributed by atoms with E-state index in [1.165, 1.54) is 5.56 Å². The van der Waals surface area contributed by atoms with Gasteiger partial charge in [0.15, 0.2) is 0 Å². The Morgan fingerprint density at radius 2 is 1.89 bits per heavy atom. The van der Waals surface area contributed by atoms with E-state index < -0.39 is 6.10 Å². The highest BCUT2D eigenvalue weighted by Gasteiger charge is 2.14. The lowest BCUT2D eigenvalue weighted by Gasteiger charge is -2.19. The zero-order chi connectivity index (χ0) is 13.2. The second kappa shape index (κ2) is 4.94. The van der Waals surface area contributed by atoms with Crippen molar-refractivity contribution in [2.75, 3.05) is 0 Å². The van der Waals surface area contributed by atoms with Crippen LogP contribution in [0.25, 0.3) is 0 Å². The minimum absolute atomic E-state index is 0.165. The number of hydrogen-bond donors (Lipinski definition) is 2. The highest BCUT2D eigenvalue weighted by molar-refractivity contribution is 5.28. The van der Waals surface area contributed by atoms with Crippen molar-refractivity contribution in [1.29, 1.82) is 0 Å². The van der Waals surface area contributed by atoms with Crippen LogP contribution in [0.4, 0.5) is 0 Å². The Bertz CT molecular complexity index is 480. The first-order chi connectivity index (χ1) is 8.47. The Morgan fingerprint density at radius 1 is 1.22 bits per heavy atom. The molecule has 0 saturated heterocycles. The predicted molar refractivity (Wildman–Crippen MR) is 72.4 cm³/mol. The number of benzene rings is 1. The normalized spacial score (nSPS) is 13.6. The molecule has 2 N–H and O–H groups in total. The first-order valence-electron chi connectivity index (χ1n) is 6.23. The van der Waals surface area contributed by atoms with Gasteiger partial charge in [-0.25, -0.2) is 4.98 Å². The van der Waals surface area contributed by atoms with Gasteiger partial charge in [0.05, 0.1) is 0 Å². The average Bonchev–Trinajstić information content (AvgIpc) is 2.82. The van der Waals surface area contributed by atoms with Crippen LogP contribution in [0.3, 0.4) is 0 Å². The highest BCUT2D eigenvalue weighted by Crippen LogP contribution is 2.23. The van der Waals surface area contributed by atoms with Gasteiger partial charge in [0.2, 0.25) is 0 Å². The molecular formula is C15H20N2O. The Labute approximate surface area is 108 Å². The zero-order valence-electron chi connectivity index (χ0n) is 11.1. The van der Waals surface area contributed by atoms with Gasteiger partial charge in [0.1, 0.15) is 11.9 Å². The van der Waals surface area contributed by atoms with E-state index in [0.717, 1.165) is 5.56 Å². The molecule has 0 spiro atoms. The van der Waals surface area contributed by atoms with Crippen LogP contribution in [0.1, 0.15) is 43.8 Å². The third-order valence-corrected chi connectivity index (χ3v) is 3.08. The minimum Gasteiger partial charge on any atom is -0.385 e. The van der Waals surface area contributed by atoms with Gasteiger partial charge in [-0.2, -0.15) is 0 Å². The fourth-order valence-electron chi connectivity index (χ4n) is 1.92. The van der Waals surface area contributed by atoms with E-state index in [-0.39, 0.29) is 5.41 Å². The molecular weight excluding hydrogens is 224 g/mol. The summed E-state index contributed by atoms with van der Waals surface area (Å²) in [7, 11) is 0. The highest BCUT2D eigenvalue weighted by atomic mass is 16.3. The van der Waals surface area contributed by atoms with Crippen molar-refractivity contribution in [3.8, 4) is 0 Å². The molecule has 0 radical (unpaired) electrons. The summed E-state index contributed by atoms with van der Waals surface area (Å²) in [5.41, 5.74) is 2.59. The third kappa shape index (κ3) is 2.99. The van der Waals surface area contributed by atoms with Crippen LogP contribution in [0.15, 0.2) is 36.7 Å². The van der Waals surface area contributed by atoms with Gasteiger partial charge in [-0.3, -0.25) is 0 Å². The van der Waals surface area contributed by atoms with Gasteiger partial charge < -0.3 is 10.1 Å². The van der Waals surface area contributed by atoms with Crippen molar-refractivity contribution in [2.24, 2.45) is 0 Å². The van der Waals surface area contributed by atoms with E-state index in [1.807, 2.05) is 0 Å². The first kappa shape index (κ1) is 12.8. The molecule has 0 amide bonds. The molecule has 0 bridgehead atoms. The number of rotatable bonds is 3. The maximum Gasteiger partial charge on any atom is 0.135 e. The van der Waals surface area contributed by atoms with Gasteiger partial charge in [-0.05, 0) is 16.5 Å². The molecule has 0 aliphatic carbocycles. The number of H-pyrrole nitrogens is 1. The predicted octanol–water partition coefficient (Wildman–Crippen LogP) is 2.98. The number of nitrogens with zero attached hydrogens (tertiary/aromatic N) is 1. The van der Waals surface area contributed by atoms with Crippen molar-refractivity contribution in [2.45, 2.75) is 38.7 Å². The SMILES string of the molecule is CC(C)(C)c1ccc(CC(O)c2ncc[nH]2)cc1. The molecule has 2 aromatic rings. The summed E-state index contributed by atoms with van der Waals surface area (Å²) in [6.45, 7) is 6.58. The van der Waals surface area contributed by atoms with E-state index in [4.69, 9.17) is 0 Å². The van der Waals surface area contributed by atoms with Gasteiger partial charge in [-0.1, -0.05) is 45.0 Å². The van der Waals surface area contributed by atoms with Crippen molar-refractivity contribution in [3.63, 3.8) is 0 Å². The number of aromatic amines is 1. The zero-order valence-corrected chi connectivity index (χ0v) is 11.1. The summed E-state index contributed by atoms with van der Waals surface area (Å²) < 4.78 is 0. The Kier molecular flexibility index (Phi) is 3.53. The lowest BCUT2D eigenvalue weighted by atomic mass is 9.86. The van der Waals surface area contributed by atoms with Crippen molar-refractivity contribution in [1.82, 2.24) is 9.97 Å². The number of nitrogens with one attached hydrogen (secondary N) is 1. The second-order valence-electron chi connectivity index (χ2n) is 5.64. The number of hydrogen-bond acceptors (Lipinski definition) is 2. The van der Waals surface area contributed by atoms with E-state index in [1.54, 1.807) is 12.4 Å². The lowest BCUT2D eigenvalue weighted by Crippen LogP contribution is -2.11. The summed E-state index contributed by atoms with van der Waals surface area (Å²) in [6.07, 6.45) is 3.39. The summed E-state index contributed by atoms with van der Waals surface area (Å²) in [5.74, 6) is 0.620. The first-order valence-corrected chi connectivity index (χ1v) is 6.23. The van der Waals surface area contributed by atoms with Crippen LogP contribution in [0.5, 0.6) is 0 Å². The smallest absolute Gasteiger partial charge is 0.135 e. The van der Waals surface area contributed by atoms with E-state index in [9.17, 15) is 5.11 Å². The van der Waals surface area contributed by atoms with Crippen molar-refractivity contribution < 1.29 is 5.11 Å². The number of imidazole rings is 1. The molecule has 0 fully saturated rings. The van der Waals surface area contributed by atoms with E-state index in [0.29, 0.717) is 12.2 Å². The molecule has 3 nitrogen and oxygen atoms in total. The topological polar surface area (TPSA) is 48.9 Å². The second-order valence-corrected chi connectivity index (χ2v) is 5.64. The molecule has 0 aliphatic rings. The summed E-state index contributed by atoms with van der Waals surface area (Å²) in [5, 5.41) is 10.00. The van der Waals surface area contributed by atoms with Crippen LogP contribution in [-0.2, 0) is 11.8 Å². The Balaban J connectivity index is 2.07. The molecule has 1 unspecified atom stereocenters. The molecule has 18 heavy (non-hydrogen) atoms. The molecule has 0 aliphatic heterocycles. The standard InChI is InChI=1S/C15H20N2O/c1-15(2,3)12-6-4-11(5-7-12)10-13(18)14-16-8-9-17-14/h4-9,13,18H,10H2,1-3H3,(H,16,17). The van der Waals surface area contributed by atoms with Gasteiger partial charge in [0.25, 0.3) is 0 Å². The monoisotopic (exact) mass is 244 g/mol. The summed E-state index contributed by atoms with van der Waals surface area (Å²) >= 11 is 0.